The molecule has 2 N–H and O–H groups in total. The first-order chi connectivity index (χ1) is 9.24. The second-order valence-corrected chi connectivity index (χ2v) is 5.62. The zero-order valence-corrected chi connectivity index (χ0v) is 11.7. The predicted octanol–water partition coefficient (Wildman–Crippen LogP) is 2.53. The van der Waals surface area contributed by atoms with Crippen molar-refractivity contribution in [3.05, 3.63) is 24.3 Å². The molecule has 102 valence electrons. The van der Waals surface area contributed by atoms with Gasteiger partial charge >= 0.3 is 0 Å². The number of anilines is 1. The number of para-hydroxylation sites is 2. The summed E-state index contributed by atoms with van der Waals surface area (Å²) in [5.41, 5.74) is 2.16. The lowest BCUT2D eigenvalue weighted by molar-refractivity contribution is 0.546. The Labute approximate surface area is 114 Å². The molecule has 4 heteroatoms. The summed E-state index contributed by atoms with van der Waals surface area (Å²) in [6.07, 6.45) is 2.56. The molecule has 0 radical (unpaired) electrons. The Balaban J connectivity index is 1.85. The maximum Gasteiger partial charge on any atom is 0.204 e. The molecule has 1 saturated heterocycles. The molecule has 0 saturated carbocycles. The molecule has 0 aliphatic carbocycles. The average Bonchev–Trinajstić information content (AvgIpc) is 3.04. The summed E-state index contributed by atoms with van der Waals surface area (Å²) >= 11 is 0. The van der Waals surface area contributed by atoms with Gasteiger partial charge < -0.3 is 15.2 Å². The number of hydrogen-bond acceptors (Lipinski definition) is 3. The van der Waals surface area contributed by atoms with Crippen molar-refractivity contribution in [2.45, 2.75) is 38.8 Å². The van der Waals surface area contributed by atoms with Gasteiger partial charge in [0.1, 0.15) is 0 Å². The maximum atomic E-state index is 4.72. The SMILES string of the molecule is CC(C)N(CC1CCCN1)c1nc2ccccc2[nH]1. The van der Waals surface area contributed by atoms with E-state index < -0.39 is 0 Å². The van der Waals surface area contributed by atoms with Crippen molar-refractivity contribution in [3.63, 3.8) is 0 Å². The van der Waals surface area contributed by atoms with Crippen molar-refractivity contribution in [3.8, 4) is 0 Å². The molecule has 0 amide bonds. The molecule has 2 heterocycles. The summed E-state index contributed by atoms with van der Waals surface area (Å²) in [5.74, 6) is 0.991. The Kier molecular flexibility index (Phi) is 3.42. The normalized spacial score (nSPS) is 19.4. The minimum absolute atomic E-state index is 0.447. The molecule has 19 heavy (non-hydrogen) atoms. The molecule has 3 rings (SSSR count). The standard InChI is InChI=1S/C15H22N4/c1-11(2)19(10-12-6-5-9-16-12)15-17-13-7-3-4-8-14(13)18-15/h3-4,7-8,11-12,16H,5-6,9-10H2,1-2H3,(H,17,18). The number of H-pyrrole nitrogens is 1. The molecule has 4 nitrogen and oxygen atoms in total. The summed E-state index contributed by atoms with van der Waals surface area (Å²) in [4.78, 5) is 10.5. The van der Waals surface area contributed by atoms with E-state index >= 15 is 0 Å². The minimum Gasteiger partial charge on any atom is -0.338 e. The van der Waals surface area contributed by atoms with Gasteiger partial charge in [-0.05, 0) is 45.4 Å². The Morgan fingerprint density at radius 2 is 2.21 bits per heavy atom. The van der Waals surface area contributed by atoms with Crippen LogP contribution in [0.25, 0.3) is 11.0 Å². The van der Waals surface area contributed by atoms with Crippen molar-refractivity contribution in [2.24, 2.45) is 0 Å². The van der Waals surface area contributed by atoms with Gasteiger partial charge in [-0.25, -0.2) is 4.98 Å². The average molecular weight is 258 g/mol. The Morgan fingerprint density at radius 1 is 1.37 bits per heavy atom. The largest absolute Gasteiger partial charge is 0.338 e. The van der Waals surface area contributed by atoms with Gasteiger partial charge in [0.15, 0.2) is 0 Å². The fraction of sp³-hybridized carbons (Fsp3) is 0.533. The smallest absolute Gasteiger partial charge is 0.204 e. The third kappa shape index (κ3) is 2.59. The molecule has 1 fully saturated rings. The fourth-order valence-corrected chi connectivity index (χ4v) is 2.77. The van der Waals surface area contributed by atoms with E-state index in [1.54, 1.807) is 0 Å². The van der Waals surface area contributed by atoms with Crippen molar-refractivity contribution in [2.75, 3.05) is 18.0 Å². The van der Waals surface area contributed by atoms with E-state index in [1.165, 1.54) is 12.8 Å². The third-order valence-corrected chi connectivity index (χ3v) is 3.85. The lowest BCUT2D eigenvalue weighted by atomic mass is 10.2. The van der Waals surface area contributed by atoms with Gasteiger partial charge in [0, 0.05) is 18.6 Å². The van der Waals surface area contributed by atoms with Gasteiger partial charge in [-0.1, -0.05) is 12.1 Å². The first kappa shape index (κ1) is 12.5. The summed E-state index contributed by atoms with van der Waals surface area (Å²) in [6.45, 7) is 6.62. The molecule has 1 aromatic heterocycles. The number of aromatic amines is 1. The predicted molar refractivity (Wildman–Crippen MR) is 79.6 cm³/mol. The van der Waals surface area contributed by atoms with Gasteiger partial charge in [0.2, 0.25) is 5.95 Å². The maximum absolute atomic E-state index is 4.72. The fourth-order valence-electron chi connectivity index (χ4n) is 2.77. The summed E-state index contributed by atoms with van der Waals surface area (Å²) in [7, 11) is 0. The van der Waals surface area contributed by atoms with Crippen LogP contribution in [0.3, 0.4) is 0 Å². The zero-order chi connectivity index (χ0) is 13.2. The van der Waals surface area contributed by atoms with Crippen LogP contribution in [-0.2, 0) is 0 Å². The molecule has 0 spiro atoms. The summed E-state index contributed by atoms with van der Waals surface area (Å²) < 4.78 is 0. The first-order valence-corrected chi connectivity index (χ1v) is 7.19. The van der Waals surface area contributed by atoms with Crippen LogP contribution in [0.2, 0.25) is 0 Å². The molecule has 0 bridgehead atoms. The van der Waals surface area contributed by atoms with E-state index in [1.807, 2.05) is 12.1 Å². The second kappa shape index (κ2) is 5.21. The number of aromatic nitrogens is 2. The topological polar surface area (TPSA) is 44.0 Å². The van der Waals surface area contributed by atoms with Gasteiger partial charge in [0.05, 0.1) is 11.0 Å². The number of nitrogens with one attached hydrogen (secondary N) is 2. The lowest BCUT2D eigenvalue weighted by Gasteiger charge is -2.29. The Bertz CT molecular complexity index is 507. The van der Waals surface area contributed by atoms with Crippen LogP contribution in [0.5, 0.6) is 0 Å². The quantitative estimate of drug-likeness (QED) is 0.885. The van der Waals surface area contributed by atoms with Crippen molar-refractivity contribution in [1.29, 1.82) is 0 Å². The van der Waals surface area contributed by atoms with Crippen LogP contribution < -0.4 is 10.2 Å². The molecule has 1 aromatic carbocycles. The molecule has 1 atom stereocenters. The van der Waals surface area contributed by atoms with E-state index in [-0.39, 0.29) is 0 Å². The van der Waals surface area contributed by atoms with Crippen molar-refractivity contribution >= 4 is 17.0 Å². The van der Waals surface area contributed by atoms with E-state index in [9.17, 15) is 0 Å². The van der Waals surface area contributed by atoms with Gasteiger partial charge in [-0.2, -0.15) is 0 Å². The van der Waals surface area contributed by atoms with Crippen LogP contribution in [0.15, 0.2) is 24.3 Å². The molecule has 1 aliphatic rings. The monoisotopic (exact) mass is 258 g/mol. The highest BCUT2D eigenvalue weighted by molar-refractivity contribution is 5.77. The summed E-state index contributed by atoms with van der Waals surface area (Å²) in [5, 5.41) is 3.56. The van der Waals surface area contributed by atoms with Crippen LogP contribution in [0.4, 0.5) is 5.95 Å². The second-order valence-electron chi connectivity index (χ2n) is 5.62. The number of hydrogen-bond donors (Lipinski definition) is 2. The third-order valence-electron chi connectivity index (χ3n) is 3.85. The van der Waals surface area contributed by atoms with Crippen LogP contribution >= 0.6 is 0 Å². The van der Waals surface area contributed by atoms with Gasteiger partial charge in [0.25, 0.3) is 0 Å². The zero-order valence-electron chi connectivity index (χ0n) is 11.7. The van der Waals surface area contributed by atoms with Crippen molar-refractivity contribution < 1.29 is 0 Å². The number of benzene rings is 1. The van der Waals surface area contributed by atoms with Crippen molar-refractivity contribution in [1.82, 2.24) is 15.3 Å². The summed E-state index contributed by atoms with van der Waals surface area (Å²) in [6, 6.07) is 9.26. The Hall–Kier alpha value is -1.55. The highest BCUT2D eigenvalue weighted by Gasteiger charge is 2.21. The molecule has 1 aliphatic heterocycles. The Morgan fingerprint density at radius 3 is 2.89 bits per heavy atom. The number of rotatable bonds is 4. The van der Waals surface area contributed by atoms with Gasteiger partial charge in [-0.3, -0.25) is 0 Å². The van der Waals surface area contributed by atoms with Crippen LogP contribution in [-0.4, -0.2) is 35.1 Å². The highest BCUT2D eigenvalue weighted by Crippen LogP contribution is 2.20. The minimum atomic E-state index is 0.447. The van der Waals surface area contributed by atoms with Crippen LogP contribution in [0, 0.1) is 0 Å². The highest BCUT2D eigenvalue weighted by atomic mass is 15.3. The number of fused-ring (bicyclic) bond motifs is 1. The van der Waals surface area contributed by atoms with E-state index in [4.69, 9.17) is 4.98 Å². The number of nitrogens with zero attached hydrogens (tertiary/aromatic N) is 2. The number of imidazole rings is 1. The van der Waals surface area contributed by atoms with Crippen LogP contribution in [0.1, 0.15) is 26.7 Å². The molecule has 2 aromatic rings. The molecule has 1 unspecified atom stereocenters. The first-order valence-electron chi connectivity index (χ1n) is 7.19. The van der Waals surface area contributed by atoms with E-state index in [0.717, 1.165) is 30.1 Å². The lowest BCUT2D eigenvalue weighted by Crippen LogP contribution is -2.41. The van der Waals surface area contributed by atoms with Gasteiger partial charge in [-0.15, -0.1) is 0 Å². The van der Waals surface area contributed by atoms with E-state index in [2.05, 4.69) is 41.2 Å². The van der Waals surface area contributed by atoms with E-state index in [0.29, 0.717) is 12.1 Å². The molecular formula is C15H22N4. The molecular weight excluding hydrogens is 236 g/mol.